The van der Waals surface area contributed by atoms with Crippen LogP contribution in [0.2, 0.25) is 0 Å². The Kier molecular flexibility index (Phi) is 15.4. The summed E-state index contributed by atoms with van der Waals surface area (Å²) < 4.78 is 57.6. The molecule has 7 rings (SSSR count). The van der Waals surface area contributed by atoms with Gasteiger partial charge in [-0.15, -0.1) is 0 Å². The monoisotopic (exact) mass is 978 g/mol. The highest BCUT2D eigenvalue weighted by Crippen LogP contribution is 2.64. The van der Waals surface area contributed by atoms with E-state index in [1.807, 2.05) is 0 Å². The van der Waals surface area contributed by atoms with Crippen LogP contribution in [0.4, 0.5) is 0 Å². The molecule has 0 aromatic heterocycles. The quantitative estimate of drug-likeness (QED) is 0.0658. The minimum atomic E-state index is -3.80. The Morgan fingerprint density at radius 3 is 1.93 bits per heavy atom. The number of carbonyl (C=O) groups excluding carboxylic acids is 6. The van der Waals surface area contributed by atoms with Crippen LogP contribution in [0, 0.1) is 16.7 Å². The van der Waals surface area contributed by atoms with Gasteiger partial charge in [-0.2, -0.15) is 8.42 Å². The van der Waals surface area contributed by atoms with Gasteiger partial charge in [0.2, 0.25) is 0 Å². The standard InChI is InChI=1S/C47H51NO14.C2H7NO3S/c1-25-31(60-43(56)36(52)35(28-16-10-7-11-17-28)48-41(54)29-18-12-8-13-19-29)23-47(57)40(61-42(55)30-20-14-9-15-21-30)38-45(6,32(51)22-33-46(38,24-58-33)62-27(3)50)39(53)37(59-26(2)49)34(25)44(47,4)5;3-1-2-7(4,5)6/h7-21,31-33,35-38,40,51-52,57H,22-24H2,1-6H3,(H,48,54);1-3H2,(H,4,5,6)/t31-,32-,33+,35-,36+,37+,38-,40-,45+,46-,47+;/m0./s1. The van der Waals surface area contributed by atoms with Crippen molar-refractivity contribution in [3.8, 4) is 0 Å². The molecule has 2 bridgehead atoms. The summed E-state index contributed by atoms with van der Waals surface area (Å²) in [4.78, 5) is 83.5. The molecular formula is C49H58N2O17S. The van der Waals surface area contributed by atoms with Crippen LogP contribution in [-0.2, 0) is 53.0 Å². The molecule has 1 heterocycles. The fourth-order valence-electron chi connectivity index (χ4n) is 10.3. The lowest BCUT2D eigenvalue weighted by Crippen LogP contribution is -2.82. The number of ketones is 1. The molecule has 11 atom stereocenters. The number of fused-ring (bicyclic) bond motifs is 5. The summed E-state index contributed by atoms with van der Waals surface area (Å²) in [5.41, 5.74) is -2.24. The normalized spacial score (nSPS) is 29.8. The number of hydrogen-bond donors (Lipinski definition) is 6. The molecule has 20 heteroatoms. The first-order valence-corrected chi connectivity index (χ1v) is 23.8. The maximum Gasteiger partial charge on any atom is 0.338 e. The van der Waals surface area contributed by atoms with Crippen LogP contribution in [0.15, 0.2) is 102 Å². The predicted molar refractivity (Wildman–Crippen MR) is 243 cm³/mol. The number of hydrogen-bond acceptors (Lipinski definition) is 17. The van der Waals surface area contributed by atoms with Crippen molar-refractivity contribution >= 4 is 45.7 Å². The van der Waals surface area contributed by atoms with Crippen molar-refractivity contribution in [1.29, 1.82) is 0 Å². The van der Waals surface area contributed by atoms with E-state index in [0.717, 1.165) is 13.8 Å². The van der Waals surface area contributed by atoms with Gasteiger partial charge >= 0.3 is 23.9 Å². The average Bonchev–Trinajstić information content (AvgIpc) is 3.29. The number of aliphatic hydroxyl groups is 3. The first kappa shape index (κ1) is 52.5. The van der Waals surface area contributed by atoms with Crippen LogP contribution >= 0.6 is 0 Å². The molecule has 2 saturated carbocycles. The van der Waals surface area contributed by atoms with Crippen molar-refractivity contribution in [2.45, 2.75) is 108 Å². The summed E-state index contributed by atoms with van der Waals surface area (Å²) in [6.45, 7) is 7.95. The number of Topliss-reactive ketones (excluding diaryl/α,β-unsaturated/α-hetero) is 1. The van der Waals surface area contributed by atoms with E-state index >= 15 is 4.79 Å². The fourth-order valence-corrected chi connectivity index (χ4v) is 10.6. The molecule has 19 nitrogen and oxygen atoms in total. The molecule has 3 aromatic rings. The highest BCUT2D eigenvalue weighted by atomic mass is 32.2. The SMILES string of the molecule is CC(=O)O[C@H]1C(=O)[C@@]2(C)[C@H]([C@H](OC(=O)c3ccccc3)[C@]3(O)C[C@H](OC(=O)[C@H](O)[C@@H](NC(=O)c4ccccc4)c4ccccc4)C(C)=C1C3(C)C)[C@]1(OC(C)=O)CO[C@@H]1C[C@@H]2O.NCCS(=O)(=O)O. The number of benzene rings is 3. The molecule has 1 aliphatic heterocycles. The molecule has 3 aromatic carbocycles. The van der Waals surface area contributed by atoms with Crippen molar-refractivity contribution in [1.82, 2.24) is 5.32 Å². The largest absolute Gasteiger partial charge is 0.456 e. The molecule has 1 saturated heterocycles. The van der Waals surface area contributed by atoms with Crippen LogP contribution in [0.5, 0.6) is 0 Å². The zero-order chi connectivity index (χ0) is 50.9. The second-order valence-corrected chi connectivity index (χ2v) is 20.0. The summed E-state index contributed by atoms with van der Waals surface area (Å²) in [7, 11) is -3.80. The lowest BCUT2D eigenvalue weighted by molar-refractivity contribution is -0.346. The number of nitrogens with one attached hydrogen (secondary N) is 1. The third-order valence-corrected chi connectivity index (χ3v) is 14.6. The summed E-state index contributed by atoms with van der Waals surface area (Å²) in [5, 5.41) is 40.2. The smallest absolute Gasteiger partial charge is 0.338 e. The number of nitrogens with two attached hydrogens (primary N) is 1. The van der Waals surface area contributed by atoms with Crippen molar-refractivity contribution in [3.05, 3.63) is 119 Å². The van der Waals surface area contributed by atoms with Gasteiger partial charge < -0.3 is 50.1 Å². The van der Waals surface area contributed by atoms with Crippen molar-refractivity contribution in [2.75, 3.05) is 18.9 Å². The Morgan fingerprint density at radius 2 is 1.43 bits per heavy atom. The maximum atomic E-state index is 15.5. The predicted octanol–water partition coefficient (Wildman–Crippen LogP) is 2.57. The molecule has 4 aliphatic rings. The Bertz CT molecular complexity index is 2580. The van der Waals surface area contributed by atoms with E-state index in [4.69, 9.17) is 34.0 Å². The Hall–Kier alpha value is -5.87. The van der Waals surface area contributed by atoms with E-state index < -0.39 is 123 Å². The van der Waals surface area contributed by atoms with Crippen molar-refractivity contribution in [3.63, 3.8) is 0 Å². The van der Waals surface area contributed by atoms with Crippen molar-refractivity contribution in [2.24, 2.45) is 22.5 Å². The second-order valence-electron chi connectivity index (χ2n) is 18.4. The van der Waals surface area contributed by atoms with Crippen LogP contribution in [0.3, 0.4) is 0 Å². The Balaban J connectivity index is 0.00000104. The van der Waals surface area contributed by atoms with Crippen molar-refractivity contribution < 1.29 is 80.7 Å². The lowest BCUT2D eigenvalue weighted by atomic mass is 9.44. The van der Waals surface area contributed by atoms with E-state index in [2.05, 4.69) is 5.32 Å². The van der Waals surface area contributed by atoms with E-state index in [-0.39, 0.29) is 47.6 Å². The first-order valence-electron chi connectivity index (χ1n) is 22.2. The maximum absolute atomic E-state index is 15.5. The summed E-state index contributed by atoms with van der Waals surface area (Å²) in [6.07, 6.45) is -10.5. The van der Waals surface area contributed by atoms with Gasteiger partial charge in [-0.25, -0.2) is 9.59 Å². The van der Waals surface area contributed by atoms with Gasteiger partial charge in [0.25, 0.3) is 16.0 Å². The summed E-state index contributed by atoms with van der Waals surface area (Å²) in [5.74, 6) is -7.20. The van der Waals surface area contributed by atoms with Gasteiger partial charge in [-0.05, 0) is 54.8 Å². The molecule has 0 spiro atoms. The van der Waals surface area contributed by atoms with Crippen LogP contribution in [-0.4, -0.2) is 131 Å². The molecule has 3 fully saturated rings. The molecule has 7 N–H and O–H groups in total. The number of aliphatic hydroxyl groups excluding tert-OH is 2. The van der Waals surface area contributed by atoms with Crippen LogP contribution < -0.4 is 11.1 Å². The third-order valence-electron chi connectivity index (χ3n) is 13.9. The molecule has 3 aliphatic carbocycles. The highest BCUT2D eigenvalue weighted by molar-refractivity contribution is 7.85. The summed E-state index contributed by atoms with van der Waals surface area (Å²) in [6, 6.07) is 22.9. The third kappa shape index (κ3) is 10.1. The van der Waals surface area contributed by atoms with E-state index in [1.165, 1.54) is 26.0 Å². The second kappa shape index (κ2) is 20.2. The molecule has 1 amide bonds. The Morgan fingerprint density at radius 1 is 0.870 bits per heavy atom. The number of carbonyl (C=O) groups is 6. The zero-order valence-electron chi connectivity index (χ0n) is 38.9. The van der Waals surface area contributed by atoms with Gasteiger partial charge in [0.1, 0.15) is 23.9 Å². The zero-order valence-corrected chi connectivity index (χ0v) is 39.7. The van der Waals surface area contributed by atoms with Gasteiger partial charge in [0.15, 0.2) is 23.6 Å². The lowest BCUT2D eigenvalue weighted by Gasteiger charge is -2.67. The van der Waals surface area contributed by atoms with Crippen LogP contribution in [0.1, 0.15) is 86.7 Å². The number of amides is 1. The minimum absolute atomic E-state index is 0.00289. The highest BCUT2D eigenvalue weighted by Gasteiger charge is 2.78. The fraction of sp³-hybridized carbons (Fsp3) is 0.469. The van der Waals surface area contributed by atoms with Crippen LogP contribution in [0.25, 0.3) is 0 Å². The topological polar surface area (TPSA) is 302 Å². The minimum Gasteiger partial charge on any atom is -0.456 e. The van der Waals surface area contributed by atoms with E-state index in [1.54, 1.807) is 92.7 Å². The van der Waals surface area contributed by atoms with E-state index in [9.17, 15) is 47.7 Å². The Labute approximate surface area is 399 Å². The van der Waals surface area contributed by atoms with Gasteiger partial charge in [0.05, 0.1) is 41.4 Å². The number of esters is 4. The molecule has 0 unspecified atom stereocenters. The molecule has 372 valence electrons. The molecule has 0 radical (unpaired) electrons. The van der Waals surface area contributed by atoms with Gasteiger partial charge in [-0.1, -0.05) is 80.6 Å². The van der Waals surface area contributed by atoms with Gasteiger partial charge in [-0.3, -0.25) is 23.7 Å². The first-order chi connectivity index (χ1) is 32.3. The number of rotatable bonds is 12. The molecule has 69 heavy (non-hydrogen) atoms. The molecular weight excluding hydrogens is 921 g/mol. The van der Waals surface area contributed by atoms with E-state index in [0.29, 0.717) is 5.56 Å². The summed E-state index contributed by atoms with van der Waals surface area (Å²) >= 11 is 0. The number of ether oxygens (including phenoxy) is 5. The average molecular weight is 979 g/mol. The van der Waals surface area contributed by atoms with Gasteiger partial charge in [0, 0.05) is 44.2 Å².